The summed E-state index contributed by atoms with van der Waals surface area (Å²) < 4.78 is 8.74. The minimum absolute atomic E-state index is 0.143. The molecule has 12 rings (SSSR count). The molecule has 1 aliphatic rings. The number of nitrogens with zero attached hydrogens (tertiary/aromatic N) is 4. The summed E-state index contributed by atoms with van der Waals surface area (Å²) in [5, 5.41) is 4.57. The number of para-hydroxylation sites is 3. The maximum Gasteiger partial charge on any atom is 0.166 e. The van der Waals surface area contributed by atoms with E-state index in [1.54, 1.807) is 0 Å². The van der Waals surface area contributed by atoms with Crippen molar-refractivity contribution in [3.05, 3.63) is 193 Å². The Labute approximate surface area is 340 Å². The van der Waals surface area contributed by atoms with Crippen LogP contribution in [0, 0.1) is 0 Å². The zero-order valence-electron chi connectivity index (χ0n) is 32.5. The van der Waals surface area contributed by atoms with Gasteiger partial charge in [-0.05, 0) is 81.9 Å². The van der Waals surface area contributed by atoms with Crippen LogP contribution in [0.25, 0.3) is 106 Å². The molecule has 5 heteroatoms. The maximum atomic E-state index is 6.34. The van der Waals surface area contributed by atoms with E-state index in [-0.39, 0.29) is 5.41 Å². The van der Waals surface area contributed by atoms with E-state index in [0.29, 0.717) is 17.5 Å². The zero-order chi connectivity index (χ0) is 39.2. The van der Waals surface area contributed by atoms with Gasteiger partial charge in [0.2, 0.25) is 0 Å². The van der Waals surface area contributed by atoms with Gasteiger partial charge >= 0.3 is 0 Å². The standard InChI is InChI=1S/C54H36N4O/c1-54(2)44-20-10-6-16-37(44)42-31-43-38-17-7-11-21-46(38)58(48(43)32-45(42)54)47-22-12-8-19-41(47)53-56-51(35-26-24-34(25-27-35)33-14-4-3-5-15-33)55-52(57-53)36-28-29-40-39-18-9-13-23-49(39)59-50(40)30-36/h3-32H,1-2H3. The number of rotatable bonds is 5. The molecule has 11 aromatic rings. The second-order valence-corrected chi connectivity index (χ2v) is 16.0. The summed E-state index contributed by atoms with van der Waals surface area (Å²) >= 11 is 0. The van der Waals surface area contributed by atoms with Gasteiger partial charge in [0.05, 0.1) is 16.7 Å². The van der Waals surface area contributed by atoms with E-state index in [1.165, 1.54) is 33.0 Å². The lowest BCUT2D eigenvalue weighted by atomic mass is 9.82. The molecule has 1 aliphatic carbocycles. The molecule has 0 atom stereocenters. The number of hydrogen-bond acceptors (Lipinski definition) is 4. The summed E-state index contributed by atoms with van der Waals surface area (Å²) in [6.45, 7) is 4.68. The van der Waals surface area contributed by atoms with Crippen LogP contribution in [-0.2, 0) is 5.41 Å². The highest BCUT2D eigenvalue weighted by Gasteiger charge is 2.36. The van der Waals surface area contributed by atoms with Gasteiger partial charge in [0.15, 0.2) is 17.5 Å². The van der Waals surface area contributed by atoms with E-state index in [2.05, 4.69) is 176 Å². The van der Waals surface area contributed by atoms with Crippen molar-refractivity contribution in [1.29, 1.82) is 0 Å². The van der Waals surface area contributed by atoms with E-state index in [4.69, 9.17) is 19.4 Å². The van der Waals surface area contributed by atoms with Crippen LogP contribution in [0.3, 0.4) is 0 Å². The smallest absolute Gasteiger partial charge is 0.166 e. The van der Waals surface area contributed by atoms with Crippen LogP contribution in [0.2, 0.25) is 0 Å². The molecule has 0 saturated carbocycles. The number of furan rings is 1. The summed E-state index contributed by atoms with van der Waals surface area (Å²) in [4.78, 5) is 15.7. The van der Waals surface area contributed by atoms with E-state index >= 15 is 0 Å². The first kappa shape index (κ1) is 33.5. The predicted octanol–water partition coefficient (Wildman–Crippen LogP) is 13.8. The SMILES string of the molecule is CC1(C)c2ccccc2-c2cc3c4ccccc4n(-c4ccccc4-c4nc(-c5ccc(-c6ccccc6)cc5)nc(-c5ccc6c(c5)oc5ccccc56)n4)c3cc21. The van der Waals surface area contributed by atoms with Crippen molar-refractivity contribution in [1.82, 2.24) is 19.5 Å². The monoisotopic (exact) mass is 756 g/mol. The third kappa shape index (κ3) is 5.14. The third-order valence-electron chi connectivity index (χ3n) is 12.3. The molecule has 3 heterocycles. The van der Waals surface area contributed by atoms with Gasteiger partial charge in [-0.25, -0.2) is 15.0 Å². The van der Waals surface area contributed by atoms with Gasteiger partial charge in [-0.15, -0.1) is 0 Å². The molecule has 8 aromatic carbocycles. The van der Waals surface area contributed by atoms with Crippen LogP contribution in [0.15, 0.2) is 186 Å². The largest absolute Gasteiger partial charge is 0.456 e. The first-order chi connectivity index (χ1) is 29.0. The van der Waals surface area contributed by atoms with E-state index < -0.39 is 0 Å². The first-order valence-electron chi connectivity index (χ1n) is 20.1. The molecule has 0 amide bonds. The minimum atomic E-state index is -0.143. The summed E-state index contributed by atoms with van der Waals surface area (Å²) in [7, 11) is 0. The Morgan fingerprint density at radius 1 is 0.390 bits per heavy atom. The van der Waals surface area contributed by atoms with Crippen molar-refractivity contribution in [3.63, 3.8) is 0 Å². The zero-order valence-corrected chi connectivity index (χ0v) is 32.5. The molecule has 0 radical (unpaired) electrons. The van der Waals surface area contributed by atoms with Gasteiger partial charge in [0.25, 0.3) is 0 Å². The molecule has 0 spiro atoms. The molecule has 0 aliphatic heterocycles. The highest BCUT2D eigenvalue weighted by Crippen LogP contribution is 2.51. The predicted molar refractivity (Wildman–Crippen MR) is 241 cm³/mol. The van der Waals surface area contributed by atoms with Gasteiger partial charge in [0.1, 0.15) is 11.2 Å². The molecule has 5 nitrogen and oxygen atoms in total. The summed E-state index contributed by atoms with van der Waals surface area (Å²) in [6, 6.07) is 64.2. The van der Waals surface area contributed by atoms with Gasteiger partial charge in [-0.3, -0.25) is 0 Å². The number of benzene rings is 8. The van der Waals surface area contributed by atoms with Crippen molar-refractivity contribution in [2.24, 2.45) is 0 Å². The molecule has 0 unspecified atom stereocenters. The minimum Gasteiger partial charge on any atom is -0.456 e. The fourth-order valence-corrected chi connectivity index (χ4v) is 9.34. The van der Waals surface area contributed by atoms with Gasteiger partial charge in [-0.1, -0.05) is 147 Å². The molecular weight excluding hydrogens is 721 g/mol. The number of aromatic nitrogens is 4. The highest BCUT2D eigenvalue weighted by atomic mass is 16.3. The van der Waals surface area contributed by atoms with Gasteiger partial charge in [0, 0.05) is 43.7 Å². The number of hydrogen-bond donors (Lipinski definition) is 0. The van der Waals surface area contributed by atoms with E-state index in [9.17, 15) is 0 Å². The Balaban J connectivity index is 1.08. The van der Waals surface area contributed by atoms with Gasteiger partial charge < -0.3 is 8.98 Å². The Kier molecular flexibility index (Phi) is 7.20. The Hall–Kier alpha value is -7.63. The quantitative estimate of drug-likeness (QED) is 0.175. The summed E-state index contributed by atoms with van der Waals surface area (Å²) in [5.74, 6) is 1.77. The lowest BCUT2D eigenvalue weighted by Gasteiger charge is -2.22. The van der Waals surface area contributed by atoms with Crippen molar-refractivity contribution < 1.29 is 4.42 Å². The van der Waals surface area contributed by atoms with Crippen molar-refractivity contribution in [2.75, 3.05) is 0 Å². The van der Waals surface area contributed by atoms with Crippen molar-refractivity contribution in [3.8, 4) is 62.1 Å². The first-order valence-corrected chi connectivity index (χ1v) is 20.1. The van der Waals surface area contributed by atoms with Crippen LogP contribution in [0.1, 0.15) is 25.0 Å². The summed E-state index contributed by atoms with van der Waals surface area (Å²) in [5.41, 5.74) is 15.1. The second kappa shape index (κ2) is 12.7. The molecule has 0 N–H and O–H groups in total. The maximum absolute atomic E-state index is 6.34. The second-order valence-electron chi connectivity index (χ2n) is 16.0. The average molecular weight is 757 g/mol. The third-order valence-corrected chi connectivity index (χ3v) is 12.3. The molecule has 0 bridgehead atoms. The van der Waals surface area contributed by atoms with Crippen LogP contribution in [-0.4, -0.2) is 19.5 Å². The topological polar surface area (TPSA) is 56.7 Å². The van der Waals surface area contributed by atoms with Gasteiger partial charge in [-0.2, -0.15) is 0 Å². The lowest BCUT2D eigenvalue weighted by molar-refractivity contribution is 0.661. The van der Waals surface area contributed by atoms with E-state index in [1.807, 2.05) is 24.3 Å². The molecule has 0 saturated heterocycles. The fraction of sp³-hybridized carbons (Fsp3) is 0.0556. The molecule has 59 heavy (non-hydrogen) atoms. The number of fused-ring (bicyclic) bond motifs is 9. The van der Waals surface area contributed by atoms with Crippen LogP contribution in [0.4, 0.5) is 0 Å². The summed E-state index contributed by atoms with van der Waals surface area (Å²) in [6.07, 6.45) is 0. The van der Waals surface area contributed by atoms with Crippen LogP contribution >= 0.6 is 0 Å². The van der Waals surface area contributed by atoms with Crippen molar-refractivity contribution >= 4 is 43.7 Å². The molecule has 278 valence electrons. The van der Waals surface area contributed by atoms with E-state index in [0.717, 1.165) is 66.5 Å². The Bertz CT molecular complexity index is 3470. The van der Waals surface area contributed by atoms with Crippen molar-refractivity contribution in [2.45, 2.75) is 19.3 Å². The fourth-order valence-electron chi connectivity index (χ4n) is 9.34. The Morgan fingerprint density at radius 2 is 1.00 bits per heavy atom. The highest BCUT2D eigenvalue weighted by molar-refractivity contribution is 6.12. The van der Waals surface area contributed by atoms with Crippen LogP contribution in [0.5, 0.6) is 0 Å². The molecule has 0 fully saturated rings. The van der Waals surface area contributed by atoms with Crippen LogP contribution < -0.4 is 0 Å². The Morgan fingerprint density at radius 3 is 1.85 bits per heavy atom. The normalized spacial score (nSPS) is 13.1. The molecule has 3 aromatic heterocycles. The average Bonchev–Trinajstić information content (AvgIpc) is 3.90. The molecular formula is C54H36N4O. The lowest BCUT2D eigenvalue weighted by Crippen LogP contribution is -2.15.